The summed E-state index contributed by atoms with van der Waals surface area (Å²) in [6.45, 7) is 2.31. The molecule has 0 N–H and O–H groups in total. The molecule has 0 unspecified atom stereocenters. The van der Waals surface area contributed by atoms with Crippen molar-refractivity contribution in [1.82, 2.24) is 9.13 Å². The van der Waals surface area contributed by atoms with Crippen LogP contribution in [0.5, 0.6) is 0 Å². The minimum absolute atomic E-state index is 0.181. The van der Waals surface area contributed by atoms with E-state index >= 15 is 0 Å². The maximum Gasteiger partial charge on any atom is 0.0563 e. The Bertz CT molecular complexity index is 3170. The van der Waals surface area contributed by atoms with E-state index in [1.807, 2.05) is 0 Å². The molecule has 58 heavy (non-hydrogen) atoms. The molecule has 1 atom stereocenters. The van der Waals surface area contributed by atoms with Crippen molar-refractivity contribution in [3.05, 3.63) is 224 Å². The number of rotatable bonds is 7. The van der Waals surface area contributed by atoms with Gasteiger partial charge >= 0.3 is 0 Å². The molecule has 0 saturated carbocycles. The van der Waals surface area contributed by atoms with Crippen LogP contribution in [0.4, 0.5) is 0 Å². The summed E-state index contributed by atoms with van der Waals surface area (Å²) in [4.78, 5) is 0. The number of aromatic nitrogens is 2. The lowest BCUT2D eigenvalue weighted by Gasteiger charge is -2.18. The molecule has 2 heteroatoms. The summed E-state index contributed by atoms with van der Waals surface area (Å²) in [5.74, 6) is 0. The van der Waals surface area contributed by atoms with Crippen molar-refractivity contribution in [1.29, 1.82) is 0 Å². The van der Waals surface area contributed by atoms with E-state index in [1.165, 1.54) is 93.7 Å². The second kappa shape index (κ2) is 14.0. The van der Waals surface area contributed by atoms with Gasteiger partial charge in [-0.3, -0.25) is 0 Å². The Morgan fingerprint density at radius 3 is 1.21 bits per heavy atom. The molecule has 2 aromatic heterocycles. The fourth-order valence-electron chi connectivity index (χ4n) is 9.11. The second-order valence-electron chi connectivity index (χ2n) is 15.4. The topological polar surface area (TPSA) is 9.86 Å². The number of para-hydroxylation sites is 4. The molecule has 11 rings (SSSR count). The summed E-state index contributed by atoms with van der Waals surface area (Å²) in [7, 11) is 0. The van der Waals surface area contributed by atoms with Crippen molar-refractivity contribution in [3.8, 4) is 50.2 Å². The van der Waals surface area contributed by atoms with E-state index in [9.17, 15) is 0 Å². The quantitative estimate of drug-likeness (QED) is 0.154. The Balaban J connectivity index is 0.948. The highest BCUT2D eigenvalue weighted by Gasteiger charge is 2.17. The molecule has 274 valence electrons. The van der Waals surface area contributed by atoms with Crippen LogP contribution in [-0.2, 0) is 0 Å². The van der Waals surface area contributed by atoms with E-state index in [4.69, 9.17) is 0 Å². The maximum absolute atomic E-state index is 2.48. The normalized spacial score (nSPS) is 12.2. The number of nitrogens with zero attached hydrogens (tertiary/aromatic N) is 2. The first kappa shape index (κ1) is 33.9. The lowest BCUT2D eigenvalue weighted by Crippen LogP contribution is -2.06. The fraction of sp³-hybridized carbons (Fsp3) is 0.0357. The zero-order valence-corrected chi connectivity index (χ0v) is 32.3. The molecule has 0 amide bonds. The van der Waals surface area contributed by atoms with Crippen molar-refractivity contribution in [3.63, 3.8) is 0 Å². The number of hydrogen-bond acceptors (Lipinski definition) is 0. The Hall–Kier alpha value is -7.42. The third kappa shape index (κ3) is 5.73. The first-order valence-electron chi connectivity index (χ1n) is 20.2. The van der Waals surface area contributed by atoms with E-state index in [2.05, 4.69) is 234 Å². The van der Waals surface area contributed by atoms with Gasteiger partial charge in [0.1, 0.15) is 0 Å². The number of fused-ring (bicyclic) bond motifs is 6. The third-order valence-corrected chi connectivity index (χ3v) is 12.0. The molecule has 0 saturated heterocycles. The summed E-state index contributed by atoms with van der Waals surface area (Å²) in [5, 5.41) is 5.15. The van der Waals surface area contributed by atoms with Crippen LogP contribution in [0.3, 0.4) is 0 Å². The molecule has 0 aliphatic heterocycles. The van der Waals surface area contributed by atoms with Crippen LogP contribution >= 0.6 is 0 Å². The molecule has 0 bridgehead atoms. The molecular weight excluding hydrogens is 701 g/mol. The highest BCUT2D eigenvalue weighted by atomic mass is 15.0. The molecular formula is C56H40N2. The van der Waals surface area contributed by atoms with Crippen LogP contribution in [0.1, 0.15) is 18.5 Å². The third-order valence-electron chi connectivity index (χ3n) is 12.0. The predicted octanol–water partition coefficient (Wildman–Crippen LogP) is 15.2. The minimum Gasteiger partial charge on any atom is -0.333 e. The lowest BCUT2D eigenvalue weighted by molar-refractivity contribution is 0.685. The average Bonchev–Trinajstić information content (AvgIpc) is 3.82. The summed E-state index contributed by atoms with van der Waals surface area (Å²) >= 11 is 0. The molecule has 0 fully saturated rings. The largest absolute Gasteiger partial charge is 0.333 e. The molecule has 0 radical (unpaired) electrons. The second-order valence-corrected chi connectivity index (χ2v) is 15.4. The summed E-state index contributed by atoms with van der Waals surface area (Å²) in [6.07, 6.45) is 0. The van der Waals surface area contributed by atoms with Crippen molar-refractivity contribution >= 4 is 43.6 Å². The van der Waals surface area contributed by atoms with Gasteiger partial charge < -0.3 is 9.13 Å². The van der Waals surface area contributed by atoms with E-state index in [0.717, 1.165) is 5.69 Å². The van der Waals surface area contributed by atoms with Gasteiger partial charge in [0.05, 0.1) is 17.1 Å². The van der Waals surface area contributed by atoms with Crippen molar-refractivity contribution in [2.24, 2.45) is 0 Å². The molecule has 0 spiro atoms. The van der Waals surface area contributed by atoms with Gasteiger partial charge in [0, 0.05) is 38.3 Å². The monoisotopic (exact) mass is 740 g/mol. The van der Waals surface area contributed by atoms with Crippen LogP contribution in [0.25, 0.3) is 93.8 Å². The van der Waals surface area contributed by atoms with E-state index in [0.29, 0.717) is 0 Å². The Morgan fingerprint density at radius 2 is 0.655 bits per heavy atom. The van der Waals surface area contributed by atoms with Crippen LogP contribution in [0.15, 0.2) is 218 Å². The molecule has 11 aromatic rings. The highest BCUT2D eigenvalue weighted by molar-refractivity contribution is 6.09. The van der Waals surface area contributed by atoms with Gasteiger partial charge in [-0.05, 0) is 118 Å². The van der Waals surface area contributed by atoms with Crippen molar-refractivity contribution in [2.75, 3.05) is 0 Å². The van der Waals surface area contributed by atoms with Gasteiger partial charge in [0.25, 0.3) is 0 Å². The van der Waals surface area contributed by atoms with Gasteiger partial charge in [0.15, 0.2) is 0 Å². The van der Waals surface area contributed by atoms with Gasteiger partial charge in [-0.1, -0.05) is 158 Å². The zero-order chi connectivity index (χ0) is 38.6. The molecule has 0 aliphatic rings. The molecule has 0 aliphatic carbocycles. The Labute approximate surface area is 338 Å². The summed E-state index contributed by atoms with van der Waals surface area (Å²) in [5.41, 5.74) is 17.0. The average molecular weight is 741 g/mol. The fourth-order valence-corrected chi connectivity index (χ4v) is 9.11. The van der Waals surface area contributed by atoms with Crippen LogP contribution in [-0.4, -0.2) is 9.13 Å². The van der Waals surface area contributed by atoms with Gasteiger partial charge in [-0.2, -0.15) is 0 Å². The smallest absolute Gasteiger partial charge is 0.0563 e. The first-order valence-corrected chi connectivity index (χ1v) is 20.2. The van der Waals surface area contributed by atoms with Gasteiger partial charge in [-0.25, -0.2) is 0 Å². The number of hydrogen-bond donors (Lipinski definition) is 0. The van der Waals surface area contributed by atoms with E-state index < -0.39 is 0 Å². The zero-order valence-electron chi connectivity index (χ0n) is 32.3. The van der Waals surface area contributed by atoms with Crippen LogP contribution in [0.2, 0.25) is 0 Å². The van der Waals surface area contributed by atoms with Crippen LogP contribution < -0.4 is 0 Å². The number of benzene rings is 9. The first-order chi connectivity index (χ1) is 28.7. The summed E-state index contributed by atoms with van der Waals surface area (Å²) in [6, 6.07) is 80.0. The predicted molar refractivity (Wildman–Crippen MR) is 246 cm³/mol. The van der Waals surface area contributed by atoms with Crippen molar-refractivity contribution in [2.45, 2.75) is 13.0 Å². The molecule has 2 heterocycles. The van der Waals surface area contributed by atoms with Crippen LogP contribution in [0, 0.1) is 0 Å². The van der Waals surface area contributed by atoms with E-state index in [1.54, 1.807) is 0 Å². The minimum atomic E-state index is 0.181. The standard InChI is InChI=1S/C56H40N2/c1-38(57-53-22-9-5-18-49(53)50-19-6-10-23-54(50)57)39-26-28-41(29-27-39)43-16-13-17-44(34-43)47-36-45(40-14-3-2-4-15-40)35-46(37-47)42-30-32-48(33-31-42)58-55-24-11-7-20-51(55)52-21-8-12-25-56(52)58/h2-38H,1H3/t38-/m1/s1. The summed E-state index contributed by atoms with van der Waals surface area (Å²) < 4.78 is 4.86. The molecule has 9 aromatic carbocycles. The lowest BCUT2D eigenvalue weighted by atomic mass is 9.92. The Morgan fingerprint density at radius 1 is 0.293 bits per heavy atom. The SMILES string of the molecule is C[C@H](c1ccc(-c2cccc(-c3cc(-c4ccccc4)cc(-c4ccc(-n5c6ccccc6c6ccccc65)cc4)c3)c2)cc1)n1c2ccccc2c2ccccc21. The van der Waals surface area contributed by atoms with Gasteiger partial charge in [-0.15, -0.1) is 0 Å². The van der Waals surface area contributed by atoms with E-state index in [-0.39, 0.29) is 6.04 Å². The maximum atomic E-state index is 2.48. The highest BCUT2D eigenvalue weighted by Crippen LogP contribution is 2.38. The van der Waals surface area contributed by atoms with Gasteiger partial charge in [0.2, 0.25) is 0 Å². The molecule has 2 nitrogen and oxygen atoms in total. The Kier molecular flexibility index (Phi) is 8.15. The van der Waals surface area contributed by atoms with Crippen molar-refractivity contribution < 1.29 is 0 Å².